The molecule has 0 atom stereocenters. The molecule has 1 N–H and O–H groups in total. The van der Waals surface area contributed by atoms with Crippen molar-refractivity contribution in [1.29, 1.82) is 0 Å². The number of rotatable bonds is 9. The first kappa shape index (κ1) is 16.3. The minimum absolute atomic E-state index is 0.707. The monoisotopic (exact) mass is 269 g/mol. The maximum atomic E-state index is 5.67. The third kappa shape index (κ3) is 8.09. The number of guanidine groups is 1. The van der Waals surface area contributed by atoms with Gasteiger partial charge >= 0.3 is 0 Å². The highest BCUT2D eigenvalue weighted by atomic mass is 16.5. The summed E-state index contributed by atoms with van der Waals surface area (Å²) in [5.74, 6) is 2.55. The molecule has 4 heteroatoms. The molecule has 1 aliphatic carbocycles. The van der Waals surface area contributed by atoms with Crippen molar-refractivity contribution < 1.29 is 4.74 Å². The van der Waals surface area contributed by atoms with Crippen LogP contribution in [-0.2, 0) is 4.74 Å². The summed E-state index contributed by atoms with van der Waals surface area (Å²) in [7, 11) is 2.08. The second kappa shape index (κ2) is 9.18. The number of nitrogens with zero attached hydrogens (tertiary/aromatic N) is 2. The predicted octanol–water partition coefficient (Wildman–Crippen LogP) is 2.36. The van der Waals surface area contributed by atoms with Crippen LogP contribution in [0.1, 0.15) is 40.0 Å². The molecule has 0 radical (unpaired) electrons. The fourth-order valence-electron chi connectivity index (χ4n) is 1.74. The van der Waals surface area contributed by atoms with Crippen molar-refractivity contribution in [3.05, 3.63) is 0 Å². The van der Waals surface area contributed by atoms with Gasteiger partial charge in [0.2, 0.25) is 0 Å². The van der Waals surface area contributed by atoms with Gasteiger partial charge in [0.15, 0.2) is 5.96 Å². The quantitative estimate of drug-likeness (QED) is 0.396. The van der Waals surface area contributed by atoms with E-state index in [1.165, 1.54) is 12.8 Å². The lowest BCUT2D eigenvalue weighted by Gasteiger charge is -2.22. The predicted molar refractivity (Wildman–Crippen MR) is 81.6 cm³/mol. The van der Waals surface area contributed by atoms with Gasteiger partial charge in [-0.25, -0.2) is 0 Å². The van der Waals surface area contributed by atoms with E-state index in [0.29, 0.717) is 5.92 Å². The van der Waals surface area contributed by atoms with Crippen LogP contribution in [0.3, 0.4) is 0 Å². The molecular weight excluding hydrogens is 238 g/mol. The van der Waals surface area contributed by atoms with Crippen molar-refractivity contribution in [1.82, 2.24) is 10.2 Å². The van der Waals surface area contributed by atoms with Crippen molar-refractivity contribution >= 4 is 5.96 Å². The van der Waals surface area contributed by atoms with E-state index in [2.05, 4.69) is 43.0 Å². The summed E-state index contributed by atoms with van der Waals surface area (Å²) >= 11 is 0. The van der Waals surface area contributed by atoms with Gasteiger partial charge in [-0.3, -0.25) is 4.99 Å². The molecule has 19 heavy (non-hydrogen) atoms. The van der Waals surface area contributed by atoms with Crippen LogP contribution >= 0.6 is 0 Å². The van der Waals surface area contributed by atoms with Gasteiger partial charge in [-0.15, -0.1) is 0 Å². The van der Waals surface area contributed by atoms with Crippen molar-refractivity contribution in [2.45, 2.75) is 40.0 Å². The number of hydrogen-bond donors (Lipinski definition) is 1. The summed E-state index contributed by atoms with van der Waals surface area (Å²) in [6.07, 6.45) is 3.85. The summed E-state index contributed by atoms with van der Waals surface area (Å²) < 4.78 is 5.67. The molecular formula is C15H31N3O. The molecule has 0 aliphatic heterocycles. The molecule has 0 aromatic rings. The van der Waals surface area contributed by atoms with Gasteiger partial charge in [-0.2, -0.15) is 0 Å². The number of likely N-dealkylation sites (N-methyl/N-ethyl adjacent to an activating group) is 1. The Morgan fingerprint density at radius 3 is 2.74 bits per heavy atom. The molecule has 0 spiro atoms. The zero-order chi connectivity index (χ0) is 14.1. The molecule has 0 heterocycles. The highest BCUT2D eigenvalue weighted by molar-refractivity contribution is 5.79. The van der Waals surface area contributed by atoms with Gasteiger partial charge in [-0.05, 0) is 38.0 Å². The molecule has 0 amide bonds. The van der Waals surface area contributed by atoms with Gasteiger partial charge in [-0.1, -0.05) is 13.8 Å². The maximum Gasteiger partial charge on any atom is 0.193 e. The molecule has 0 bridgehead atoms. The topological polar surface area (TPSA) is 36.9 Å². The van der Waals surface area contributed by atoms with Crippen molar-refractivity contribution in [3.63, 3.8) is 0 Å². The fraction of sp³-hybridized carbons (Fsp3) is 0.933. The first-order chi connectivity index (χ1) is 9.13. The Balaban J connectivity index is 2.22. The Morgan fingerprint density at radius 1 is 1.42 bits per heavy atom. The summed E-state index contributed by atoms with van der Waals surface area (Å²) in [5, 5.41) is 3.34. The van der Waals surface area contributed by atoms with E-state index in [4.69, 9.17) is 4.74 Å². The third-order valence-electron chi connectivity index (χ3n) is 3.29. The van der Waals surface area contributed by atoms with Gasteiger partial charge in [0.05, 0.1) is 6.61 Å². The Morgan fingerprint density at radius 2 is 2.16 bits per heavy atom. The van der Waals surface area contributed by atoms with E-state index in [1.807, 2.05) is 0 Å². The van der Waals surface area contributed by atoms with Crippen LogP contribution in [0.4, 0.5) is 0 Å². The van der Waals surface area contributed by atoms with Crippen molar-refractivity contribution in [2.24, 2.45) is 16.8 Å². The number of hydrogen-bond acceptors (Lipinski definition) is 2. The molecule has 0 aromatic heterocycles. The van der Waals surface area contributed by atoms with E-state index >= 15 is 0 Å². The van der Waals surface area contributed by atoms with E-state index < -0.39 is 0 Å². The summed E-state index contributed by atoms with van der Waals surface area (Å²) in [4.78, 5) is 6.82. The summed E-state index contributed by atoms with van der Waals surface area (Å²) in [5.41, 5.74) is 0. The van der Waals surface area contributed by atoms with Gasteiger partial charge < -0.3 is 15.0 Å². The second-order valence-corrected chi connectivity index (χ2v) is 5.86. The Bertz CT molecular complexity index is 262. The number of ether oxygens (including phenoxy) is 1. The molecule has 0 unspecified atom stereocenters. The maximum absolute atomic E-state index is 5.67. The lowest BCUT2D eigenvalue weighted by Crippen LogP contribution is -2.40. The lowest BCUT2D eigenvalue weighted by molar-refractivity contribution is 0.115. The average Bonchev–Trinajstić information content (AvgIpc) is 3.17. The summed E-state index contributed by atoms with van der Waals surface area (Å²) in [6.45, 7) is 11.0. The molecule has 0 aromatic carbocycles. The largest absolute Gasteiger partial charge is 0.379 e. The SMILES string of the molecule is CCNC(=NCCC(C)C)N(C)CCOCC1CC1. The first-order valence-corrected chi connectivity index (χ1v) is 7.70. The van der Waals surface area contributed by atoms with Crippen LogP contribution < -0.4 is 5.32 Å². The third-order valence-corrected chi connectivity index (χ3v) is 3.29. The molecule has 1 fully saturated rings. The molecule has 0 saturated heterocycles. The van der Waals surface area contributed by atoms with Gasteiger partial charge in [0.1, 0.15) is 0 Å². The van der Waals surface area contributed by atoms with E-state index in [0.717, 1.165) is 51.1 Å². The Labute approximate surface area is 118 Å². The minimum Gasteiger partial charge on any atom is -0.379 e. The zero-order valence-electron chi connectivity index (χ0n) is 13.1. The molecule has 1 aliphatic rings. The van der Waals surface area contributed by atoms with Crippen LogP contribution in [-0.4, -0.2) is 50.8 Å². The molecule has 1 saturated carbocycles. The van der Waals surface area contributed by atoms with Gasteiger partial charge in [0, 0.05) is 33.3 Å². The first-order valence-electron chi connectivity index (χ1n) is 7.70. The minimum atomic E-state index is 0.707. The van der Waals surface area contributed by atoms with Gasteiger partial charge in [0.25, 0.3) is 0 Å². The molecule has 4 nitrogen and oxygen atoms in total. The van der Waals surface area contributed by atoms with Crippen LogP contribution in [0, 0.1) is 11.8 Å². The smallest absolute Gasteiger partial charge is 0.193 e. The Kier molecular flexibility index (Phi) is 7.87. The summed E-state index contributed by atoms with van der Waals surface area (Å²) in [6, 6.07) is 0. The Hall–Kier alpha value is -0.770. The van der Waals surface area contributed by atoms with E-state index in [9.17, 15) is 0 Å². The lowest BCUT2D eigenvalue weighted by atomic mass is 10.1. The van der Waals surface area contributed by atoms with E-state index in [1.54, 1.807) is 0 Å². The number of aliphatic imine (C=N–C) groups is 1. The highest BCUT2D eigenvalue weighted by Gasteiger charge is 2.21. The fourth-order valence-corrected chi connectivity index (χ4v) is 1.74. The van der Waals surface area contributed by atoms with Crippen molar-refractivity contribution in [3.8, 4) is 0 Å². The molecule has 112 valence electrons. The van der Waals surface area contributed by atoms with Crippen LogP contribution in [0.25, 0.3) is 0 Å². The second-order valence-electron chi connectivity index (χ2n) is 5.86. The zero-order valence-corrected chi connectivity index (χ0v) is 13.1. The van der Waals surface area contributed by atoms with E-state index in [-0.39, 0.29) is 0 Å². The van der Waals surface area contributed by atoms with Crippen LogP contribution in [0.5, 0.6) is 0 Å². The van der Waals surface area contributed by atoms with Crippen LogP contribution in [0.15, 0.2) is 4.99 Å². The highest BCUT2D eigenvalue weighted by Crippen LogP contribution is 2.28. The van der Waals surface area contributed by atoms with Crippen LogP contribution in [0.2, 0.25) is 0 Å². The number of nitrogens with one attached hydrogen (secondary N) is 1. The van der Waals surface area contributed by atoms with Crippen molar-refractivity contribution in [2.75, 3.05) is 39.9 Å². The average molecular weight is 269 g/mol. The standard InChI is InChI=1S/C15H31N3O/c1-5-16-15(17-9-8-13(2)3)18(4)10-11-19-12-14-6-7-14/h13-14H,5-12H2,1-4H3,(H,16,17). The molecule has 1 rings (SSSR count). The normalized spacial score (nSPS) is 15.9.